The predicted octanol–water partition coefficient (Wildman–Crippen LogP) is 3.00. The lowest BCUT2D eigenvalue weighted by molar-refractivity contribution is -0.136. The zero-order valence-electron chi connectivity index (χ0n) is 13.3. The Hall–Kier alpha value is -2.30. The van der Waals surface area contributed by atoms with Gasteiger partial charge in [0.25, 0.3) is 0 Å². The van der Waals surface area contributed by atoms with Crippen molar-refractivity contribution in [2.75, 3.05) is 13.7 Å². The van der Waals surface area contributed by atoms with Crippen molar-refractivity contribution in [2.24, 2.45) is 0 Å². The van der Waals surface area contributed by atoms with Crippen molar-refractivity contribution in [1.29, 1.82) is 0 Å². The van der Waals surface area contributed by atoms with Crippen LogP contribution in [0.1, 0.15) is 38.3 Å². The first-order valence-corrected chi connectivity index (χ1v) is 7.52. The van der Waals surface area contributed by atoms with Crippen LogP contribution in [0.15, 0.2) is 41.6 Å². The summed E-state index contributed by atoms with van der Waals surface area (Å²) in [5.41, 5.74) is 2.02. The molecule has 5 heteroatoms. The van der Waals surface area contributed by atoms with Gasteiger partial charge in [0.05, 0.1) is 18.7 Å². The molecule has 2 rings (SSSR count). The van der Waals surface area contributed by atoms with Crippen LogP contribution >= 0.6 is 0 Å². The fraction of sp³-hybridized carbons (Fsp3) is 0.412. The molecule has 0 spiro atoms. The molecule has 0 saturated heterocycles. The molecule has 1 aliphatic heterocycles. The molecule has 2 amide bonds. The summed E-state index contributed by atoms with van der Waals surface area (Å²) in [6, 6.07) is 8.80. The van der Waals surface area contributed by atoms with E-state index in [1.165, 1.54) is 7.11 Å². The van der Waals surface area contributed by atoms with Crippen LogP contribution in [0.2, 0.25) is 0 Å². The molecule has 22 heavy (non-hydrogen) atoms. The van der Waals surface area contributed by atoms with Crippen LogP contribution in [0.25, 0.3) is 0 Å². The average molecular weight is 302 g/mol. The van der Waals surface area contributed by atoms with Crippen LogP contribution in [-0.2, 0) is 9.53 Å². The summed E-state index contributed by atoms with van der Waals surface area (Å²) in [4.78, 5) is 26.2. The van der Waals surface area contributed by atoms with Gasteiger partial charge in [0.1, 0.15) is 0 Å². The Morgan fingerprint density at radius 1 is 1.32 bits per heavy atom. The minimum absolute atomic E-state index is 0.174. The van der Waals surface area contributed by atoms with Crippen molar-refractivity contribution in [3.05, 3.63) is 47.2 Å². The van der Waals surface area contributed by atoms with E-state index >= 15 is 0 Å². The van der Waals surface area contributed by atoms with Gasteiger partial charge in [-0.2, -0.15) is 0 Å². The van der Waals surface area contributed by atoms with E-state index in [0.29, 0.717) is 17.8 Å². The predicted molar refractivity (Wildman–Crippen MR) is 84.0 cm³/mol. The van der Waals surface area contributed by atoms with Gasteiger partial charge in [-0.1, -0.05) is 43.7 Å². The highest BCUT2D eigenvalue weighted by atomic mass is 16.5. The van der Waals surface area contributed by atoms with Gasteiger partial charge in [0.15, 0.2) is 0 Å². The molecule has 0 aliphatic carbocycles. The smallest absolute Gasteiger partial charge is 0.337 e. The van der Waals surface area contributed by atoms with E-state index in [1.807, 2.05) is 30.3 Å². The van der Waals surface area contributed by atoms with Crippen molar-refractivity contribution in [1.82, 2.24) is 10.2 Å². The van der Waals surface area contributed by atoms with Crippen molar-refractivity contribution >= 4 is 12.0 Å². The summed E-state index contributed by atoms with van der Waals surface area (Å²) in [6.07, 6.45) is 1.86. The first-order valence-electron chi connectivity index (χ1n) is 7.52. The Morgan fingerprint density at radius 2 is 2.00 bits per heavy atom. The molecule has 5 nitrogen and oxygen atoms in total. The largest absolute Gasteiger partial charge is 0.466 e. The van der Waals surface area contributed by atoms with Gasteiger partial charge >= 0.3 is 12.0 Å². The zero-order valence-corrected chi connectivity index (χ0v) is 13.3. The number of nitrogens with one attached hydrogen (secondary N) is 1. The Labute approximate surface area is 130 Å². The van der Waals surface area contributed by atoms with Gasteiger partial charge in [0.2, 0.25) is 0 Å². The number of urea groups is 1. The first kappa shape index (κ1) is 16.1. The summed E-state index contributed by atoms with van der Waals surface area (Å²) in [6.45, 7) is 4.46. The number of hydrogen-bond acceptors (Lipinski definition) is 3. The number of hydrogen-bond donors (Lipinski definition) is 1. The Kier molecular flexibility index (Phi) is 5.20. The Morgan fingerprint density at radius 3 is 2.59 bits per heavy atom. The number of methoxy groups -OCH3 is 1. The maximum Gasteiger partial charge on any atom is 0.337 e. The van der Waals surface area contributed by atoms with Crippen LogP contribution in [0, 0.1) is 0 Å². The molecule has 1 atom stereocenters. The molecule has 1 aromatic carbocycles. The molecule has 1 heterocycles. The second-order valence-corrected chi connectivity index (χ2v) is 5.29. The lowest BCUT2D eigenvalue weighted by Crippen LogP contribution is -2.48. The Bertz CT molecular complexity index is 581. The Balaban J connectivity index is 2.45. The van der Waals surface area contributed by atoms with Crippen molar-refractivity contribution < 1.29 is 14.3 Å². The maximum atomic E-state index is 12.4. The fourth-order valence-electron chi connectivity index (χ4n) is 2.64. The number of amides is 2. The SMILES string of the molecule is CCCCN1C(=O)NC(c2ccccc2)C(C(=O)OC)=C1C. The van der Waals surface area contributed by atoms with E-state index in [1.54, 1.807) is 11.8 Å². The van der Waals surface area contributed by atoms with Gasteiger partial charge in [-0.05, 0) is 18.9 Å². The number of allylic oxidation sites excluding steroid dienone is 1. The number of esters is 1. The third-order valence-electron chi connectivity index (χ3n) is 3.87. The van der Waals surface area contributed by atoms with Crippen molar-refractivity contribution in [3.8, 4) is 0 Å². The third kappa shape index (κ3) is 3.13. The lowest BCUT2D eigenvalue weighted by Gasteiger charge is -2.35. The third-order valence-corrected chi connectivity index (χ3v) is 3.87. The second kappa shape index (κ2) is 7.11. The van der Waals surface area contributed by atoms with Gasteiger partial charge < -0.3 is 10.1 Å². The quantitative estimate of drug-likeness (QED) is 0.851. The number of carbonyl (C=O) groups excluding carboxylic acids is 2. The van der Waals surface area contributed by atoms with Crippen LogP contribution in [0.5, 0.6) is 0 Å². The number of unbranched alkanes of at least 4 members (excludes halogenated alkanes) is 1. The number of nitrogens with zero attached hydrogens (tertiary/aromatic N) is 1. The highest BCUT2D eigenvalue weighted by Gasteiger charge is 2.35. The van der Waals surface area contributed by atoms with E-state index in [4.69, 9.17) is 4.74 Å². The molecule has 118 valence electrons. The highest BCUT2D eigenvalue weighted by Crippen LogP contribution is 2.31. The highest BCUT2D eigenvalue weighted by molar-refractivity contribution is 5.94. The van der Waals surface area contributed by atoms with Crippen LogP contribution in [-0.4, -0.2) is 30.6 Å². The molecule has 0 aromatic heterocycles. The average Bonchev–Trinajstić information content (AvgIpc) is 2.54. The lowest BCUT2D eigenvalue weighted by atomic mass is 9.95. The van der Waals surface area contributed by atoms with E-state index in [9.17, 15) is 9.59 Å². The number of carbonyl (C=O) groups is 2. The number of ether oxygens (including phenoxy) is 1. The molecule has 0 saturated carbocycles. The minimum Gasteiger partial charge on any atom is -0.466 e. The standard InChI is InChI=1S/C17H22N2O3/c1-4-5-11-19-12(2)14(16(20)22-3)15(18-17(19)21)13-9-7-6-8-10-13/h6-10,15H,4-5,11H2,1-3H3,(H,18,21). The van der Waals surface area contributed by atoms with Crippen molar-refractivity contribution in [3.63, 3.8) is 0 Å². The minimum atomic E-state index is -0.473. The van der Waals surface area contributed by atoms with Crippen LogP contribution in [0.3, 0.4) is 0 Å². The van der Waals surface area contributed by atoms with E-state index in [-0.39, 0.29) is 6.03 Å². The summed E-state index contributed by atoms with van der Waals surface area (Å²) < 4.78 is 4.93. The second-order valence-electron chi connectivity index (χ2n) is 5.29. The van der Waals surface area contributed by atoms with Crippen LogP contribution < -0.4 is 5.32 Å². The fourth-order valence-corrected chi connectivity index (χ4v) is 2.64. The molecule has 1 N–H and O–H groups in total. The van der Waals surface area contributed by atoms with Gasteiger partial charge in [-0.3, -0.25) is 4.90 Å². The number of rotatable bonds is 5. The zero-order chi connectivity index (χ0) is 16.1. The maximum absolute atomic E-state index is 12.4. The van der Waals surface area contributed by atoms with Crippen LogP contribution in [0.4, 0.5) is 4.79 Å². The molecule has 1 aliphatic rings. The molecule has 1 unspecified atom stereocenters. The van der Waals surface area contributed by atoms with Gasteiger partial charge in [-0.25, -0.2) is 9.59 Å². The summed E-state index contributed by atoms with van der Waals surface area (Å²) in [5, 5.41) is 2.92. The van der Waals surface area contributed by atoms with E-state index in [2.05, 4.69) is 12.2 Å². The molecule has 0 bridgehead atoms. The molecular formula is C17H22N2O3. The molecule has 0 fully saturated rings. The van der Waals surface area contributed by atoms with Gasteiger partial charge in [-0.15, -0.1) is 0 Å². The molecule has 1 aromatic rings. The first-order chi connectivity index (χ1) is 10.6. The number of benzene rings is 1. The van der Waals surface area contributed by atoms with Crippen molar-refractivity contribution in [2.45, 2.75) is 32.7 Å². The van der Waals surface area contributed by atoms with E-state index in [0.717, 1.165) is 18.4 Å². The monoisotopic (exact) mass is 302 g/mol. The summed E-state index contributed by atoms with van der Waals surface area (Å²) in [7, 11) is 1.36. The molecule has 0 radical (unpaired) electrons. The summed E-state index contributed by atoms with van der Waals surface area (Å²) in [5.74, 6) is -0.409. The molecular weight excluding hydrogens is 280 g/mol. The normalized spacial score (nSPS) is 18.2. The van der Waals surface area contributed by atoms with E-state index < -0.39 is 12.0 Å². The summed E-state index contributed by atoms with van der Waals surface area (Å²) >= 11 is 0. The van der Waals surface area contributed by atoms with Gasteiger partial charge in [0, 0.05) is 12.2 Å². The topological polar surface area (TPSA) is 58.6 Å².